The van der Waals surface area contributed by atoms with Crippen molar-refractivity contribution < 1.29 is 9.90 Å². The number of fused-ring (bicyclic) bond motifs is 1. The van der Waals surface area contributed by atoms with Gasteiger partial charge in [0.05, 0.1) is 5.69 Å². The summed E-state index contributed by atoms with van der Waals surface area (Å²) in [6.07, 6.45) is 3.08. The number of pyridine rings is 1. The number of hydrogen-bond donors (Lipinski definition) is 2. The van der Waals surface area contributed by atoms with E-state index in [1.165, 1.54) is 22.7 Å². The van der Waals surface area contributed by atoms with Crippen LogP contribution in [-0.4, -0.2) is 20.5 Å². The first kappa shape index (κ1) is 7.60. The maximum atomic E-state index is 10.7. The first-order valence-corrected chi connectivity index (χ1v) is 3.65. The summed E-state index contributed by atoms with van der Waals surface area (Å²) in [5.41, 5.74) is 6.69. The van der Waals surface area contributed by atoms with Gasteiger partial charge in [0.2, 0.25) is 0 Å². The molecule has 0 radical (unpaired) electrons. The molecule has 3 N–H and O–H groups in total. The van der Waals surface area contributed by atoms with E-state index in [0.29, 0.717) is 11.3 Å². The predicted molar refractivity (Wildman–Crippen MR) is 46.6 cm³/mol. The summed E-state index contributed by atoms with van der Waals surface area (Å²) in [5.74, 6) is -0.997. The number of nitrogens with two attached hydrogens (primary N) is 1. The first-order valence-electron chi connectivity index (χ1n) is 3.65. The van der Waals surface area contributed by atoms with Crippen LogP contribution in [0.1, 0.15) is 10.5 Å². The summed E-state index contributed by atoms with van der Waals surface area (Å²) in [6.45, 7) is 0. The Hall–Kier alpha value is -2.04. The van der Waals surface area contributed by atoms with Gasteiger partial charge < -0.3 is 10.8 Å². The normalized spacial score (nSPS) is 10.5. The number of aromatic nitrogens is 2. The van der Waals surface area contributed by atoms with Crippen LogP contribution in [-0.2, 0) is 0 Å². The Morgan fingerprint density at radius 2 is 2.31 bits per heavy atom. The van der Waals surface area contributed by atoms with Crippen molar-refractivity contribution in [3.63, 3.8) is 0 Å². The Morgan fingerprint density at radius 1 is 1.54 bits per heavy atom. The molecule has 0 saturated carbocycles. The molecule has 0 bridgehead atoms. The summed E-state index contributed by atoms with van der Waals surface area (Å²) in [5, 5.41) is 8.80. The molecule has 5 nitrogen and oxygen atoms in total. The number of aromatic carboxylic acids is 1. The van der Waals surface area contributed by atoms with Gasteiger partial charge in [-0.2, -0.15) is 0 Å². The van der Waals surface area contributed by atoms with E-state index in [0.717, 1.165) is 0 Å². The minimum atomic E-state index is -0.997. The van der Waals surface area contributed by atoms with E-state index in [4.69, 9.17) is 10.8 Å². The van der Waals surface area contributed by atoms with Gasteiger partial charge in [0, 0.05) is 12.4 Å². The molecule has 0 amide bonds. The summed E-state index contributed by atoms with van der Waals surface area (Å²) < 4.78 is 1.44. The highest BCUT2D eigenvalue weighted by Crippen LogP contribution is 2.13. The van der Waals surface area contributed by atoms with Gasteiger partial charge >= 0.3 is 5.97 Å². The Labute approximate surface area is 73.4 Å². The molecule has 0 fully saturated rings. The number of carboxylic acid groups (broad SMARTS) is 1. The van der Waals surface area contributed by atoms with Gasteiger partial charge in [-0.3, -0.25) is 4.40 Å². The summed E-state index contributed by atoms with van der Waals surface area (Å²) in [6, 6.07) is 2.98. The van der Waals surface area contributed by atoms with E-state index < -0.39 is 5.97 Å². The number of rotatable bonds is 1. The smallest absolute Gasteiger partial charge is 0.352 e. The second-order valence-corrected chi connectivity index (χ2v) is 2.60. The summed E-state index contributed by atoms with van der Waals surface area (Å²) in [4.78, 5) is 14.7. The molecule has 0 atom stereocenters. The molecule has 66 valence electrons. The summed E-state index contributed by atoms with van der Waals surface area (Å²) in [7, 11) is 0. The van der Waals surface area contributed by atoms with E-state index >= 15 is 0 Å². The largest absolute Gasteiger partial charge is 0.477 e. The zero-order valence-corrected chi connectivity index (χ0v) is 6.64. The van der Waals surface area contributed by atoms with E-state index in [9.17, 15) is 4.79 Å². The number of carboxylic acids is 1. The van der Waals surface area contributed by atoms with E-state index in [2.05, 4.69) is 4.98 Å². The number of anilines is 1. The van der Waals surface area contributed by atoms with Crippen molar-refractivity contribution in [2.45, 2.75) is 0 Å². The number of nitrogen functional groups attached to an aromatic ring is 1. The van der Waals surface area contributed by atoms with Crippen LogP contribution in [0.15, 0.2) is 24.5 Å². The average Bonchev–Trinajstić information content (AvgIpc) is 2.53. The maximum Gasteiger partial charge on any atom is 0.352 e. The molecule has 13 heavy (non-hydrogen) atoms. The van der Waals surface area contributed by atoms with Crippen LogP contribution in [0.5, 0.6) is 0 Å². The highest BCUT2D eigenvalue weighted by Gasteiger charge is 2.09. The van der Waals surface area contributed by atoms with Crippen molar-refractivity contribution in [1.82, 2.24) is 9.38 Å². The molecule has 2 heterocycles. The second-order valence-electron chi connectivity index (χ2n) is 2.60. The van der Waals surface area contributed by atoms with Crippen molar-refractivity contribution in [1.29, 1.82) is 0 Å². The van der Waals surface area contributed by atoms with Crippen LogP contribution in [0.3, 0.4) is 0 Å². The SMILES string of the molecule is Nc1ccc(C(=O)O)n2ccnc12. The monoisotopic (exact) mass is 177 g/mol. The maximum absolute atomic E-state index is 10.7. The second kappa shape index (κ2) is 2.48. The van der Waals surface area contributed by atoms with Crippen molar-refractivity contribution in [3.05, 3.63) is 30.2 Å². The van der Waals surface area contributed by atoms with E-state index in [-0.39, 0.29) is 5.69 Å². The minimum Gasteiger partial charge on any atom is -0.477 e. The molecule has 0 aliphatic rings. The molecule has 0 aliphatic heterocycles. The fraction of sp³-hybridized carbons (Fsp3) is 0. The lowest BCUT2D eigenvalue weighted by Gasteiger charge is -2.01. The van der Waals surface area contributed by atoms with Crippen LogP contribution in [0, 0.1) is 0 Å². The zero-order chi connectivity index (χ0) is 9.42. The lowest BCUT2D eigenvalue weighted by Crippen LogP contribution is -2.05. The Bertz CT molecular complexity index is 475. The molecular formula is C8H7N3O2. The Balaban J connectivity index is 2.86. The van der Waals surface area contributed by atoms with Crippen molar-refractivity contribution >= 4 is 17.3 Å². The van der Waals surface area contributed by atoms with Crippen molar-refractivity contribution in [3.8, 4) is 0 Å². The lowest BCUT2D eigenvalue weighted by molar-refractivity contribution is 0.0689. The van der Waals surface area contributed by atoms with Crippen LogP contribution >= 0.6 is 0 Å². The molecule has 0 unspecified atom stereocenters. The Morgan fingerprint density at radius 3 is 3.00 bits per heavy atom. The van der Waals surface area contributed by atoms with Crippen LogP contribution < -0.4 is 5.73 Å². The number of carbonyl (C=O) groups is 1. The lowest BCUT2D eigenvalue weighted by atomic mass is 10.3. The van der Waals surface area contributed by atoms with Gasteiger partial charge in [-0.05, 0) is 12.1 Å². The highest BCUT2D eigenvalue weighted by atomic mass is 16.4. The molecule has 0 spiro atoms. The molecular weight excluding hydrogens is 170 g/mol. The van der Waals surface area contributed by atoms with Gasteiger partial charge in [-0.1, -0.05) is 0 Å². The third-order valence-corrected chi connectivity index (χ3v) is 1.80. The quantitative estimate of drug-likeness (QED) is 0.668. The number of imidazole rings is 1. The number of nitrogens with zero attached hydrogens (tertiary/aromatic N) is 2. The van der Waals surface area contributed by atoms with E-state index in [1.807, 2.05) is 0 Å². The molecule has 0 saturated heterocycles. The molecule has 2 aromatic rings. The standard InChI is InChI=1S/C8H7N3O2/c9-5-1-2-6(8(12)13)11-4-3-10-7(5)11/h1-4H,9H2,(H,12,13). The minimum absolute atomic E-state index is 0.154. The topological polar surface area (TPSA) is 80.6 Å². The van der Waals surface area contributed by atoms with Gasteiger partial charge in [-0.15, -0.1) is 0 Å². The van der Waals surface area contributed by atoms with Crippen LogP contribution in [0.2, 0.25) is 0 Å². The number of hydrogen-bond acceptors (Lipinski definition) is 3. The third-order valence-electron chi connectivity index (χ3n) is 1.80. The fourth-order valence-corrected chi connectivity index (χ4v) is 1.21. The third kappa shape index (κ3) is 1.01. The van der Waals surface area contributed by atoms with Gasteiger partial charge in [-0.25, -0.2) is 9.78 Å². The molecule has 0 aliphatic carbocycles. The van der Waals surface area contributed by atoms with Gasteiger partial charge in [0.15, 0.2) is 5.65 Å². The Kier molecular flexibility index (Phi) is 1.45. The van der Waals surface area contributed by atoms with Crippen molar-refractivity contribution in [2.24, 2.45) is 0 Å². The molecule has 5 heteroatoms. The summed E-state index contributed by atoms with van der Waals surface area (Å²) >= 11 is 0. The van der Waals surface area contributed by atoms with Crippen LogP contribution in [0.25, 0.3) is 5.65 Å². The van der Waals surface area contributed by atoms with Gasteiger partial charge in [0.25, 0.3) is 0 Å². The zero-order valence-electron chi connectivity index (χ0n) is 6.64. The van der Waals surface area contributed by atoms with Crippen LogP contribution in [0.4, 0.5) is 5.69 Å². The molecule has 2 aromatic heterocycles. The average molecular weight is 177 g/mol. The predicted octanol–water partition coefficient (Wildman–Crippen LogP) is 0.615. The van der Waals surface area contributed by atoms with E-state index in [1.54, 1.807) is 6.20 Å². The molecule has 2 rings (SSSR count). The van der Waals surface area contributed by atoms with Crippen molar-refractivity contribution in [2.75, 3.05) is 5.73 Å². The first-order chi connectivity index (χ1) is 6.20. The molecule has 0 aromatic carbocycles. The fourth-order valence-electron chi connectivity index (χ4n) is 1.21. The van der Waals surface area contributed by atoms with Gasteiger partial charge in [0.1, 0.15) is 5.69 Å². The highest BCUT2D eigenvalue weighted by molar-refractivity contribution is 5.88.